The highest BCUT2D eigenvalue weighted by Gasteiger charge is 2.11. The predicted molar refractivity (Wildman–Crippen MR) is 78.2 cm³/mol. The molecule has 0 spiro atoms. The lowest BCUT2D eigenvalue weighted by molar-refractivity contribution is 0.824. The molecule has 0 saturated heterocycles. The first-order valence-electron chi connectivity index (χ1n) is 6.00. The van der Waals surface area contributed by atoms with Crippen molar-refractivity contribution >= 4 is 29.2 Å². The molecule has 0 bridgehead atoms. The number of nitrogens with one attached hydrogen (secondary N) is 1. The number of rotatable bonds is 5. The summed E-state index contributed by atoms with van der Waals surface area (Å²) in [4.78, 5) is 21.1. The van der Waals surface area contributed by atoms with Gasteiger partial charge in [0.05, 0.1) is 0 Å². The van der Waals surface area contributed by atoms with E-state index in [1.54, 1.807) is 23.3 Å². The summed E-state index contributed by atoms with van der Waals surface area (Å²) < 4.78 is 6.68. The predicted octanol–water partition coefficient (Wildman–Crippen LogP) is 0.908. The zero-order valence-corrected chi connectivity index (χ0v) is 12.6. The molecule has 0 atom stereocenters. The van der Waals surface area contributed by atoms with Gasteiger partial charge >= 0.3 is 0 Å². The van der Waals surface area contributed by atoms with Gasteiger partial charge in [0.1, 0.15) is 12.2 Å². The van der Waals surface area contributed by atoms with Crippen molar-refractivity contribution in [2.45, 2.75) is 22.8 Å². The summed E-state index contributed by atoms with van der Waals surface area (Å²) in [5.74, 6) is 6.91. The third-order valence-corrected chi connectivity index (χ3v) is 4.07. The molecule has 3 N–H and O–H groups in total. The van der Waals surface area contributed by atoms with Gasteiger partial charge in [-0.25, -0.2) is 15.8 Å². The van der Waals surface area contributed by atoms with Gasteiger partial charge in [-0.3, -0.25) is 9.99 Å². The fraction of sp³-hybridized carbons (Fsp3) is 0.200. The Morgan fingerprint density at radius 3 is 2.90 bits per heavy atom. The van der Waals surface area contributed by atoms with E-state index in [1.165, 1.54) is 23.3 Å². The van der Waals surface area contributed by atoms with Gasteiger partial charge in [0.2, 0.25) is 17.1 Å². The van der Waals surface area contributed by atoms with E-state index in [-0.39, 0.29) is 5.95 Å². The molecule has 0 saturated carbocycles. The number of nitrogens with two attached hydrogens (primary N) is 1. The Balaban J connectivity index is 1.92. The van der Waals surface area contributed by atoms with Gasteiger partial charge in [0, 0.05) is 18.8 Å². The summed E-state index contributed by atoms with van der Waals surface area (Å²) in [6, 6.07) is 0. The van der Waals surface area contributed by atoms with E-state index in [9.17, 15) is 0 Å². The molecule has 0 unspecified atom stereocenters. The number of anilines is 1. The zero-order chi connectivity index (χ0) is 14.7. The number of hydrazine groups is 1. The average Bonchev–Trinajstić information content (AvgIpc) is 3.18. The Hall–Kier alpha value is -2.11. The van der Waals surface area contributed by atoms with Gasteiger partial charge in [0.25, 0.3) is 0 Å². The molecule has 3 aromatic heterocycles. The quantitative estimate of drug-likeness (QED) is 0.521. The van der Waals surface area contributed by atoms with E-state index in [0.29, 0.717) is 11.1 Å². The number of aromatic nitrogens is 7. The highest BCUT2D eigenvalue weighted by Crippen LogP contribution is 2.27. The zero-order valence-electron chi connectivity index (χ0n) is 11.0. The van der Waals surface area contributed by atoms with Crippen LogP contribution in [-0.2, 0) is 6.42 Å². The fourth-order valence-electron chi connectivity index (χ4n) is 1.45. The number of nitrogens with zero attached hydrogens (tertiary/aromatic N) is 7. The van der Waals surface area contributed by atoms with Gasteiger partial charge in [-0.05, 0) is 23.3 Å². The maximum Gasteiger partial charge on any atom is 0.242 e. The molecular weight excluding hydrogens is 310 g/mol. The summed E-state index contributed by atoms with van der Waals surface area (Å²) >= 11 is 2.63. The topological polar surface area (TPSA) is 120 Å². The first-order valence-corrected chi connectivity index (χ1v) is 7.59. The average molecular weight is 321 g/mol. The summed E-state index contributed by atoms with van der Waals surface area (Å²) in [6.45, 7) is 2.01. The van der Waals surface area contributed by atoms with E-state index in [4.69, 9.17) is 5.84 Å². The smallest absolute Gasteiger partial charge is 0.242 e. The van der Waals surface area contributed by atoms with E-state index in [2.05, 4.69) is 34.7 Å². The van der Waals surface area contributed by atoms with E-state index in [1.807, 2.05) is 6.92 Å². The van der Waals surface area contributed by atoms with Crippen LogP contribution < -0.4 is 11.3 Å². The van der Waals surface area contributed by atoms with Crippen LogP contribution in [0.15, 0.2) is 28.2 Å². The molecule has 0 aliphatic heterocycles. The van der Waals surface area contributed by atoms with Crippen molar-refractivity contribution in [3.8, 4) is 5.95 Å². The molecular formula is C10H11N9S2. The van der Waals surface area contributed by atoms with E-state index < -0.39 is 0 Å². The first kappa shape index (κ1) is 13.9. The Bertz CT molecular complexity index is 724. The monoisotopic (exact) mass is 321 g/mol. The second-order valence-electron chi connectivity index (χ2n) is 3.79. The lowest BCUT2D eigenvalue weighted by Gasteiger charge is -2.05. The molecule has 3 aromatic rings. The van der Waals surface area contributed by atoms with Crippen LogP contribution in [-0.4, -0.2) is 33.9 Å². The Morgan fingerprint density at radius 1 is 1.33 bits per heavy atom. The van der Waals surface area contributed by atoms with Crippen LogP contribution in [0.2, 0.25) is 0 Å². The summed E-state index contributed by atoms with van der Waals surface area (Å²) in [7, 11) is 0. The highest BCUT2D eigenvalue weighted by molar-refractivity contribution is 8.00. The number of hydrogen-bond acceptors (Lipinski definition) is 10. The Labute approximate surface area is 128 Å². The Morgan fingerprint density at radius 2 is 2.24 bits per heavy atom. The summed E-state index contributed by atoms with van der Waals surface area (Å²) in [5, 5.41) is 0.487. The third kappa shape index (κ3) is 3.15. The minimum Gasteiger partial charge on any atom is -0.292 e. The number of aryl methyl sites for hydroxylation is 1. The van der Waals surface area contributed by atoms with Gasteiger partial charge < -0.3 is 0 Å². The van der Waals surface area contributed by atoms with Crippen molar-refractivity contribution in [2.75, 3.05) is 5.43 Å². The van der Waals surface area contributed by atoms with Crippen molar-refractivity contribution in [1.29, 1.82) is 0 Å². The SMILES string of the molecule is CCc1nsc(Sc2nc(NN)nc(-n3ccnc3)n2)n1. The maximum atomic E-state index is 5.40. The van der Waals surface area contributed by atoms with Gasteiger partial charge in [0.15, 0.2) is 4.34 Å². The summed E-state index contributed by atoms with van der Waals surface area (Å²) in [6.07, 6.45) is 5.78. The standard InChI is InChI=1S/C10H11N9S2/c1-2-6-13-10(21-18-6)20-9-15-7(17-11)14-8(16-9)19-4-3-12-5-19/h3-5H,2,11H2,1H3,(H,14,15,16,17). The van der Waals surface area contributed by atoms with Gasteiger partial charge in [-0.1, -0.05) is 6.92 Å². The maximum absolute atomic E-state index is 5.40. The number of hydrogen-bond donors (Lipinski definition) is 2. The van der Waals surface area contributed by atoms with Gasteiger partial charge in [-0.15, -0.1) is 0 Å². The van der Waals surface area contributed by atoms with Crippen LogP contribution in [0.25, 0.3) is 5.95 Å². The molecule has 3 heterocycles. The first-order chi connectivity index (χ1) is 10.3. The number of nitrogen functional groups attached to an aromatic ring is 1. The molecule has 0 aliphatic rings. The normalized spacial score (nSPS) is 10.8. The minimum absolute atomic E-state index is 0.274. The largest absolute Gasteiger partial charge is 0.292 e. The molecule has 0 aliphatic carbocycles. The minimum atomic E-state index is 0.274. The van der Waals surface area contributed by atoms with Crippen LogP contribution in [0.4, 0.5) is 5.95 Å². The molecule has 21 heavy (non-hydrogen) atoms. The molecule has 108 valence electrons. The van der Waals surface area contributed by atoms with Crippen LogP contribution >= 0.6 is 23.3 Å². The van der Waals surface area contributed by atoms with Crippen molar-refractivity contribution in [1.82, 2.24) is 33.9 Å². The fourth-order valence-corrected chi connectivity index (χ4v) is 3.00. The van der Waals surface area contributed by atoms with Crippen molar-refractivity contribution in [2.24, 2.45) is 5.84 Å². The number of imidazole rings is 1. The third-order valence-electron chi connectivity index (χ3n) is 2.41. The molecule has 9 nitrogen and oxygen atoms in total. The molecule has 3 rings (SSSR count). The van der Waals surface area contributed by atoms with Gasteiger partial charge in [-0.2, -0.15) is 19.3 Å². The van der Waals surface area contributed by atoms with Crippen molar-refractivity contribution < 1.29 is 0 Å². The lowest BCUT2D eigenvalue weighted by Crippen LogP contribution is -2.13. The lowest BCUT2D eigenvalue weighted by atomic mass is 10.5. The molecule has 11 heteroatoms. The van der Waals surface area contributed by atoms with Crippen molar-refractivity contribution in [3.05, 3.63) is 24.5 Å². The molecule has 0 aromatic carbocycles. The highest BCUT2D eigenvalue weighted by atomic mass is 32.2. The van der Waals surface area contributed by atoms with Crippen LogP contribution in [0, 0.1) is 0 Å². The van der Waals surface area contributed by atoms with E-state index in [0.717, 1.165) is 16.6 Å². The van der Waals surface area contributed by atoms with Crippen molar-refractivity contribution in [3.63, 3.8) is 0 Å². The van der Waals surface area contributed by atoms with Crippen LogP contribution in [0.1, 0.15) is 12.7 Å². The molecule has 0 fully saturated rings. The summed E-state index contributed by atoms with van der Waals surface area (Å²) in [5.41, 5.74) is 2.43. The van der Waals surface area contributed by atoms with Crippen LogP contribution in [0.5, 0.6) is 0 Å². The molecule has 0 amide bonds. The Kier molecular flexibility index (Phi) is 4.03. The van der Waals surface area contributed by atoms with Crippen LogP contribution in [0.3, 0.4) is 0 Å². The van der Waals surface area contributed by atoms with E-state index >= 15 is 0 Å². The second kappa shape index (κ2) is 6.11. The second-order valence-corrected chi connectivity index (χ2v) is 5.75. The molecule has 0 radical (unpaired) electrons.